The number of aryl methyl sites for hydroxylation is 1. The van der Waals surface area contributed by atoms with Crippen LogP contribution in [0.1, 0.15) is 63.5 Å². The molecule has 4 N–H and O–H groups in total. The fourth-order valence-electron chi connectivity index (χ4n) is 4.28. The number of benzene rings is 1. The summed E-state index contributed by atoms with van der Waals surface area (Å²) in [5.74, 6) is 0.535. The maximum atomic E-state index is 8.96. The minimum Gasteiger partial charge on any atom is -0.427 e. The van der Waals surface area contributed by atoms with E-state index in [4.69, 9.17) is 27.4 Å². The number of halogens is 1. The third-order valence-electron chi connectivity index (χ3n) is 6.03. The molecule has 0 aromatic heterocycles. The molecule has 1 aromatic carbocycles. The van der Waals surface area contributed by atoms with Crippen LogP contribution < -0.4 is 5.73 Å². The van der Waals surface area contributed by atoms with Crippen molar-refractivity contribution in [2.45, 2.75) is 77.2 Å². The lowest BCUT2D eigenvalue weighted by Gasteiger charge is -2.41. The highest BCUT2D eigenvalue weighted by Gasteiger charge is 2.32. The fraction of sp³-hybridized carbons (Fsp3) is 0.714. The van der Waals surface area contributed by atoms with E-state index in [1.807, 2.05) is 6.07 Å². The Bertz CT molecular complexity index is 575. The molecule has 1 atom stereocenters. The maximum absolute atomic E-state index is 8.96. The number of likely N-dealkylation sites (tertiary alicyclic amines) is 1. The Morgan fingerprint density at radius 3 is 2.56 bits per heavy atom. The van der Waals surface area contributed by atoms with Crippen molar-refractivity contribution in [3.8, 4) is 0 Å². The molecule has 1 unspecified atom stereocenters. The van der Waals surface area contributed by atoms with Crippen LogP contribution in [0.4, 0.5) is 0 Å². The molecule has 1 saturated heterocycles. The number of unbranched alkanes of at least 4 members (excludes halogenated alkanes) is 1. The molecule has 6 heteroatoms. The molecule has 152 valence electrons. The van der Waals surface area contributed by atoms with Crippen LogP contribution in [0.5, 0.6) is 0 Å². The van der Waals surface area contributed by atoms with Crippen LogP contribution in [-0.4, -0.2) is 40.7 Å². The van der Waals surface area contributed by atoms with Gasteiger partial charge in [0, 0.05) is 17.1 Å². The Kier molecular flexibility index (Phi) is 9.10. The number of hydrogen-bond acceptors (Lipinski definition) is 4. The van der Waals surface area contributed by atoms with Gasteiger partial charge in [-0.2, -0.15) is 0 Å². The number of nitrogens with two attached hydrogens (primary N) is 1. The normalized spacial score (nSPS) is 18.4. The monoisotopic (exact) mass is 394 g/mol. The third kappa shape index (κ3) is 7.39. The zero-order valence-electron chi connectivity index (χ0n) is 17.0. The molecule has 2 rings (SSSR count). The van der Waals surface area contributed by atoms with Crippen molar-refractivity contribution < 1.29 is 10.0 Å². The SMILES string of the molecule is CCCc1cc(Cl)ccc1CN1CCC(C(C)(N)CCCCB(O)O)CC1. The Morgan fingerprint density at radius 1 is 1.22 bits per heavy atom. The average molecular weight is 395 g/mol. The van der Waals surface area contributed by atoms with Gasteiger partial charge in [0.25, 0.3) is 0 Å². The smallest absolute Gasteiger partial charge is 0.427 e. The van der Waals surface area contributed by atoms with Crippen LogP contribution in [0, 0.1) is 5.92 Å². The van der Waals surface area contributed by atoms with Crippen molar-refractivity contribution in [3.05, 3.63) is 34.3 Å². The van der Waals surface area contributed by atoms with Crippen molar-refractivity contribution in [3.63, 3.8) is 0 Å². The van der Waals surface area contributed by atoms with Gasteiger partial charge >= 0.3 is 7.12 Å². The summed E-state index contributed by atoms with van der Waals surface area (Å²) in [5.41, 5.74) is 9.24. The zero-order valence-corrected chi connectivity index (χ0v) is 17.7. The van der Waals surface area contributed by atoms with Crippen molar-refractivity contribution in [1.29, 1.82) is 0 Å². The summed E-state index contributed by atoms with van der Waals surface area (Å²) in [6.07, 6.45) is 7.64. The van der Waals surface area contributed by atoms with Crippen molar-refractivity contribution >= 4 is 18.7 Å². The molecular weight excluding hydrogens is 359 g/mol. The van der Waals surface area contributed by atoms with Gasteiger partial charge in [0.1, 0.15) is 0 Å². The van der Waals surface area contributed by atoms with Gasteiger partial charge in [0.2, 0.25) is 0 Å². The molecule has 4 nitrogen and oxygen atoms in total. The van der Waals surface area contributed by atoms with Crippen LogP contribution >= 0.6 is 11.6 Å². The Hall–Kier alpha value is -0.585. The van der Waals surface area contributed by atoms with E-state index in [-0.39, 0.29) is 5.54 Å². The van der Waals surface area contributed by atoms with Crippen LogP contribution in [-0.2, 0) is 13.0 Å². The Balaban J connectivity index is 1.82. The summed E-state index contributed by atoms with van der Waals surface area (Å²) >= 11 is 6.18. The lowest BCUT2D eigenvalue weighted by molar-refractivity contribution is 0.125. The topological polar surface area (TPSA) is 69.7 Å². The second-order valence-electron chi connectivity index (χ2n) is 8.45. The number of hydrogen-bond donors (Lipinski definition) is 3. The summed E-state index contributed by atoms with van der Waals surface area (Å²) in [5, 5.41) is 18.7. The molecule has 0 bridgehead atoms. The quantitative estimate of drug-likeness (QED) is 0.416. The van der Waals surface area contributed by atoms with Gasteiger partial charge in [-0.15, -0.1) is 0 Å². The van der Waals surface area contributed by atoms with Gasteiger partial charge < -0.3 is 15.8 Å². The van der Waals surface area contributed by atoms with Crippen molar-refractivity contribution in [1.82, 2.24) is 4.90 Å². The zero-order chi connectivity index (χ0) is 19.9. The molecule has 0 radical (unpaired) electrons. The predicted octanol–water partition coefficient (Wildman–Crippen LogP) is 3.87. The molecule has 0 spiro atoms. The van der Waals surface area contributed by atoms with Gasteiger partial charge in [-0.05, 0) is 81.2 Å². The first-order valence-electron chi connectivity index (χ1n) is 10.5. The van der Waals surface area contributed by atoms with E-state index in [1.54, 1.807) is 0 Å². The lowest BCUT2D eigenvalue weighted by atomic mass is 9.75. The summed E-state index contributed by atoms with van der Waals surface area (Å²) < 4.78 is 0. The molecule has 1 aliphatic heterocycles. The molecule has 27 heavy (non-hydrogen) atoms. The predicted molar refractivity (Wildman–Crippen MR) is 115 cm³/mol. The van der Waals surface area contributed by atoms with Gasteiger partial charge in [-0.1, -0.05) is 43.9 Å². The highest BCUT2D eigenvalue weighted by molar-refractivity contribution is 6.40. The highest BCUT2D eigenvalue weighted by Crippen LogP contribution is 2.31. The third-order valence-corrected chi connectivity index (χ3v) is 6.26. The first-order valence-corrected chi connectivity index (χ1v) is 10.8. The molecular formula is C21H36BClN2O2. The minimum atomic E-state index is -1.19. The van der Waals surface area contributed by atoms with Crippen LogP contribution in [0.25, 0.3) is 0 Å². The second-order valence-corrected chi connectivity index (χ2v) is 8.88. The molecule has 0 saturated carbocycles. The summed E-state index contributed by atoms with van der Waals surface area (Å²) in [6, 6.07) is 6.30. The number of nitrogens with zero attached hydrogens (tertiary/aromatic N) is 1. The van der Waals surface area contributed by atoms with Gasteiger partial charge in [0.05, 0.1) is 0 Å². The first-order chi connectivity index (χ1) is 12.8. The molecule has 1 heterocycles. The molecule has 1 fully saturated rings. The Morgan fingerprint density at radius 2 is 1.93 bits per heavy atom. The van der Waals surface area contributed by atoms with E-state index < -0.39 is 7.12 Å². The van der Waals surface area contributed by atoms with E-state index in [9.17, 15) is 0 Å². The number of piperidine rings is 1. The Labute approximate surface area is 170 Å². The standard InChI is InChI=1S/C21H36BClN2O2/c1-3-6-17-15-20(23)8-7-18(17)16-25-13-9-19(10-14-25)21(2,24)11-4-5-12-22(26)27/h7-8,15,19,26-27H,3-6,9-14,16,24H2,1-2H3. The minimum absolute atomic E-state index is 0.167. The summed E-state index contributed by atoms with van der Waals surface area (Å²) in [6.45, 7) is 7.54. The summed E-state index contributed by atoms with van der Waals surface area (Å²) in [7, 11) is -1.19. The van der Waals surface area contributed by atoms with Gasteiger partial charge in [0.15, 0.2) is 0 Å². The van der Waals surface area contributed by atoms with E-state index in [2.05, 4.69) is 30.9 Å². The van der Waals surface area contributed by atoms with Crippen LogP contribution in [0.2, 0.25) is 11.3 Å². The first kappa shape index (κ1) is 22.7. The highest BCUT2D eigenvalue weighted by atomic mass is 35.5. The lowest BCUT2D eigenvalue weighted by Crippen LogP contribution is -2.49. The number of rotatable bonds is 10. The molecule has 1 aliphatic rings. The van der Waals surface area contributed by atoms with E-state index in [1.165, 1.54) is 11.1 Å². The molecule has 0 aliphatic carbocycles. The van der Waals surface area contributed by atoms with E-state index >= 15 is 0 Å². The summed E-state index contributed by atoms with van der Waals surface area (Å²) in [4.78, 5) is 2.54. The maximum Gasteiger partial charge on any atom is 0.451 e. The van der Waals surface area contributed by atoms with Crippen LogP contribution in [0.15, 0.2) is 18.2 Å². The molecule has 1 aromatic rings. The van der Waals surface area contributed by atoms with Crippen LogP contribution in [0.3, 0.4) is 0 Å². The van der Waals surface area contributed by atoms with Crippen molar-refractivity contribution in [2.75, 3.05) is 13.1 Å². The van der Waals surface area contributed by atoms with Crippen molar-refractivity contribution in [2.24, 2.45) is 11.7 Å². The largest absolute Gasteiger partial charge is 0.451 e. The average Bonchev–Trinajstić information content (AvgIpc) is 2.62. The van der Waals surface area contributed by atoms with Gasteiger partial charge in [-0.3, -0.25) is 4.90 Å². The molecule has 0 amide bonds. The fourth-order valence-corrected chi connectivity index (χ4v) is 4.47. The second kappa shape index (κ2) is 10.8. The van der Waals surface area contributed by atoms with E-state index in [0.29, 0.717) is 12.2 Å². The van der Waals surface area contributed by atoms with E-state index in [0.717, 1.165) is 69.6 Å². The van der Waals surface area contributed by atoms with Gasteiger partial charge in [-0.25, -0.2) is 0 Å².